The van der Waals surface area contributed by atoms with Crippen LogP contribution in [0.15, 0.2) is 53.4 Å². The Morgan fingerprint density at radius 3 is 2.68 bits per heavy atom. The molecule has 1 N–H and O–H groups in total. The molecule has 0 saturated carbocycles. The zero-order valence-electron chi connectivity index (χ0n) is 14.4. The Morgan fingerprint density at radius 1 is 1.18 bits per heavy atom. The number of hydrogen-bond acceptors (Lipinski definition) is 6. The van der Waals surface area contributed by atoms with Gasteiger partial charge in [0.15, 0.2) is 0 Å². The minimum Gasteiger partial charge on any atom is -0.423 e. The first kappa shape index (κ1) is 17.9. The molecule has 0 bridgehead atoms. The van der Waals surface area contributed by atoms with Gasteiger partial charge >= 0.3 is 0 Å². The van der Waals surface area contributed by atoms with Crippen molar-refractivity contribution in [1.82, 2.24) is 15.2 Å². The molecule has 28 heavy (non-hydrogen) atoms. The standard InChI is InChI=1S/C19H12F2N4O2S/c1-10-5-6-11(18-25-23-9-27-18)7-12(10)19-22-8-15(28-19)17(26)24-16-13(20)3-2-4-14(16)21/h2-9H,1H3,(H,24,26). The lowest BCUT2D eigenvalue weighted by Crippen LogP contribution is -2.12. The predicted octanol–water partition coefficient (Wildman–Crippen LogP) is 4.70. The topological polar surface area (TPSA) is 80.9 Å². The van der Waals surface area contributed by atoms with E-state index in [2.05, 4.69) is 20.5 Å². The zero-order chi connectivity index (χ0) is 19.7. The number of halogens is 2. The summed E-state index contributed by atoms with van der Waals surface area (Å²) in [6.45, 7) is 1.91. The highest BCUT2D eigenvalue weighted by Crippen LogP contribution is 2.32. The molecule has 0 unspecified atom stereocenters. The fraction of sp³-hybridized carbons (Fsp3) is 0.0526. The van der Waals surface area contributed by atoms with Gasteiger partial charge in [-0.3, -0.25) is 4.79 Å². The first-order valence-electron chi connectivity index (χ1n) is 8.11. The molecule has 6 nitrogen and oxygen atoms in total. The van der Waals surface area contributed by atoms with Gasteiger partial charge in [0.1, 0.15) is 27.2 Å². The molecule has 4 rings (SSSR count). The Labute approximate surface area is 161 Å². The summed E-state index contributed by atoms with van der Waals surface area (Å²) in [6, 6.07) is 8.93. The molecule has 2 aromatic heterocycles. The number of rotatable bonds is 4. The number of benzene rings is 2. The lowest BCUT2D eigenvalue weighted by molar-refractivity contribution is 0.102. The fourth-order valence-corrected chi connectivity index (χ4v) is 3.47. The smallest absolute Gasteiger partial charge is 0.267 e. The minimum absolute atomic E-state index is 0.222. The van der Waals surface area contributed by atoms with Crippen LogP contribution in [-0.2, 0) is 0 Å². The summed E-state index contributed by atoms with van der Waals surface area (Å²) in [5, 5.41) is 10.4. The molecule has 2 heterocycles. The monoisotopic (exact) mass is 398 g/mol. The molecule has 2 aromatic carbocycles. The highest BCUT2D eigenvalue weighted by atomic mass is 32.1. The second-order valence-corrected chi connectivity index (χ2v) is 6.88. The maximum atomic E-state index is 13.7. The summed E-state index contributed by atoms with van der Waals surface area (Å²) < 4.78 is 32.7. The van der Waals surface area contributed by atoms with Crippen LogP contribution in [0.25, 0.3) is 22.0 Å². The summed E-state index contributed by atoms with van der Waals surface area (Å²) >= 11 is 1.11. The van der Waals surface area contributed by atoms with E-state index in [9.17, 15) is 13.6 Å². The number of carbonyl (C=O) groups excluding carboxylic acids is 1. The summed E-state index contributed by atoms with van der Waals surface area (Å²) in [7, 11) is 0. The van der Waals surface area contributed by atoms with Crippen molar-refractivity contribution in [2.45, 2.75) is 6.92 Å². The molecular formula is C19H12F2N4O2S. The lowest BCUT2D eigenvalue weighted by atomic mass is 10.1. The summed E-state index contributed by atoms with van der Waals surface area (Å²) in [4.78, 5) is 16.9. The van der Waals surface area contributed by atoms with Crippen molar-refractivity contribution in [3.8, 4) is 22.0 Å². The summed E-state index contributed by atoms with van der Waals surface area (Å²) in [6.07, 6.45) is 2.61. The molecule has 0 atom stereocenters. The van der Waals surface area contributed by atoms with E-state index in [0.29, 0.717) is 16.5 Å². The van der Waals surface area contributed by atoms with Crippen molar-refractivity contribution in [1.29, 1.82) is 0 Å². The fourth-order valence-electron chi connectivity index (χ4n) is 2.58. The molecule has 1 amide bonds. The van der Waals surface area contributed by atoms with Crippen LogP contribution in [0.2, 0.25) is 0 Å². The van der Waals surface area contributed by atoms with Crippen molar-refractivity contribution in [3.63, 3.8) is 0 Å². The van der Waals surface area contributed by atoms with Gasteiger partial charge in [-0.15, -0.1) is 21.5 Å². The van der Waals surface area contributed by atoms with Crippen LogP contribution in [0.1, 0.15) is 15.2 Å². The van der Waals surface area contributed by atoms with Crippen molar-refractivity contribution in [2.24, 2.45) is 0 Å². The minimum atomic E-state index is -0.846. The molecule has 4 aromatic rings. The van der Waals surface area contributed by atoms with Gasteiger partial charge in [-0.05, 0) is 36.8 Å². The molecule has 0 saturated heterocycles. The van der Waals surface area contributed by atoms with Crippen molar-refractivity contribution in [3.05, 3.63) is 71.1 Å². The average molecular weight is 398 g/mol. The predicted molar refractivity (Wildman–Crippen MR) is 99.9 cm³/mol. The molecular weight excluding hydrogens is 386 g/mol. The number of thiazole rings is 1. The molecule has 0 aliphatic rings. The highest BCUT2D eigenvalue weighted by molar-refractivity contribution is 7.17. The van der Waals surface area contributed by atoms with Crippen LogP contribution in [0, 0.1) is 18.6 Å². The Morgan fingerprint density at radius 2 is 1.96 bits per heavy atom. The van der Waals surface area contributed by atoms with Gasteiger partial charge in [0.05, 0.1) is 6.20 Å². The maximum absolute atomic E-state index is 13.7. The van der Waals surface area contributed by atoms with Gasteiger partial charge in [0.2, 0.25) is 12.3 Å². The van der Waals surface area contributed by atoms with E-state index < -0.39 is 23.2 Å². The van der Waals surface area contributed by atoms with Crippen LogP contribution in [-0.4, -0.2) is 21.1 Å². The Hall–Kier alpha value is -3.46. The third kappa shape index (κ3) is 3.39. The van der Waals surface area contributed by atoms with E-state index >= 15 is 0 Å². The normalized spacial score (nSPS) is 10.8. The van der Waals surface area contributed by atoms with Crippen LogP contribution in [0.4, 0.5) is 14.5 Å². The van der Waals surface area contributed by atoms with Crippen LogP contribution in [0.5, 0.6) is 0 Å². The molecule has 0 fully saturated rings. The van der Waals surface area contributed by atoms with Gasteiger partial charge in [0.25, 0.3) is 5.91 Å². The quantitative estimate of drug-likeness (QED) is 0.539. The average Bonchev–Trinajstić information content (AvgIpc) is 3.37. The molecule has 0 spiro atoms. The SMILES string of the molecule is Cc1ccc(-c2nnco2)cc1-c1ncc(C(=O)Nc2c(F)cccc2F)s1. The van der Waals surface area contributed by atoms with E-state index in [1.165, 1.54) is 18.7 Å². The maximum Gasteiger partial charge on any atom is 0.267 e. The number of hydrogen-bond donors (Lipinski definition) is 1. The third-order valence-corrected chi connectivity index (χ3v) is 5.04. The summed E-state index contributed by atoms with van der Waals surface area (Å²) in [5.41, 5.74) is 1.95. The summed E-state index contributed by atoms with van der Waals surface area (Å²) in [5.74, 6) is -1.97. The van der Waals surface area contributed by atoms with E-state index in [-0.39, 0.29) is 4.88 Å². The third-order valence-electron chi connectivity index (χ3n) is 4.01. The van der Waals surface area contributed by atoms with Crippen molar-refractivity contribution >= 4 is 22.9 Å². The van der Waals surface area contributed by atoms with E-state index in [1.54, 1.807) is 0 Å². The highest BCUT2D eigenvalue weighted by Gasteiger charge is 2.17. The number of aryl methyl sites for hydroxylation is 1. The Balaban J connectivity index is 1.63. The second-order valence-electron chi connectivity index (χ2n) is 5.85. The van der Waals surface area contributed by atoms with E-state index in [4.69, 9.17) is 4.42 Å². The number of anilines is 1. The molecule has 0 aliphatic carbocycles. The van der Waals surface area contributed by atoms with Crippen LogP contribution >= 0.6 is 11.3 Å². The van der Waals surface area contributed by atoms with Gasteiger partial charge in [-0.25, -0.2) is 13.8 Å². The zero-order valence-corrected chi connectivity index (χ0v) is 15.3. The molecule has 140 valence electrons. The number of aromatic nitrogens is 3. The Bertz CT molecular complexity index is 1140. The van der Waals surface area contributed by atoms with Gasteiger partial charge in [-0.1, -0.05) is 12.1 Å². The lowest BCUT2D eigenvalue weighted by Gasteiger charge is -2.06. The largest absolute Gasteiger partial charge is 0.423 e. The first-order valence-corrected chi connectivity index (χ1v) is 8.93. The number of para-hydroxylation sites is 1. The number of nitrogens with one attached hydrogen (secondary N) is 1. The number of nitrogens with zero attached hydrogens (tertiary/aromatic N) is 3. The molecule has 0 radical (unpaired) electrons. The molecule has 9 heteroatoms. The number of carbonyl (C=O) groups is 1. The van der Waals surface area contributed by atoms with Crippen LogP contribution in [0.3, 0.4) is 0 Å². The van der Waals surface area contributed by atoms with Gasteiger partial charge in [0, 0.05) is 11.1 Å². The second kappa shape index (κ2) is 7.28. The van der Waals surface area contributed by atoms with E-state index in [0.717, 1.165) is 34.6 Å². The van der Waals surface area contributed by atoms with Gasteiger partial charge < -0.3 is 9.73 Å². The van der Waals surface area contributed by atoms with E-state index in [1.807, 2.05) is 25.1 Å². The molecule has 0 aliphatic heterocycles. The van der Waals surface area contributed by atoms with Crippen molar-refractivity contribution in [2.75, 3.05) is 5.32 Å². The Kier molecular flexibility index (Phi) is 4.66. The number of amides is 1. The first-order chi connectivity index (χ1) is 13.5. The van der Waals surface area contributed by atoms with Gasteiger partial charge in [-0.2, -0.15) is 0 Å². The van der Waals surface area contributed by atoms with Crippen molar-refractivity contribution < 1.29 is 18.0 Å². The van der Waals surface area contributed by atoms with Crippen LogP contribution < -0.4 is 5.32 Å².